The minimum Gasteiger partial charge on any atom is -0.390 e. The van der Waals surface area contributed by atoms with Gasteiger partial charge in [0.2, 0.25) is 0 Å². The number of aliphatic hydroxyl groups is 1. The lowest BCUT2D eigenvalue weighted by atomic mass is 9.93. The summed E-state index contributed by atoms with van der Waals surface area (Å²) >= 11 is 0. The number of rotatable bonds is 2. The third kappa shape index (κ3) is 2.55. The second-order valence-electron chi connectivity index (χ2n) is 4.79. The third-order valence-electron chi connectivity index (χ3n) is 3.27. The minimum absolute atomic E-state index is 0.0553. The molecule has 1 fully saturated rings. The van der Waals surface area contributed by atoms with Crippen LogP contribution in [0.15, 0.2) is 18.5 Å². The summed E-state index contributed by atoms with van der Waals surface area (Å²) in [4.78, 5) is 6.21. The van der Waals surface area contributed by atoms with Gasteiger partial charge in [-0.25, -0.2) is 0 Å². The minimum atomic E-state index is -0.574. The zero-order valence-corrected chi connectivity index (χ0v) is 9.98. The van der Waals surface area contributed by atoms with Crippen LogP contribution in [0.2, 0.25) is 0 Å². The van der Waals surface area contributed by atoms with Crippen LogP contribution in [-0.4, -0.2) is 34.6 Å². The van der Waals surface area contributed by atoms with Crippen molar-refractivity contribution in [1.29, 1.82) is 5.41 Å². The fraction of sp³-hybridized carbons (Fsp3) is 0.500. The molecular weight excluding hydrogens is 216 g/mol. The van der Waals surface area contributed by atoms with E-state index >= 15 is 0 Å². The van der Waals surface area contributed by atoms with Gasteiger partial charge in [-0.15, -0.1) is 0 Å². The second kappa shape index (κ2) is 4.33. The summed E-state index contributed by atoms with van der Waals surface area (Å²) in [5.41, 5.74) is 6.57. The molecule has 92 valence electrons. The predicted octanol–water partition coefficient (Wildman–Crippen LogP) is 0.717. The molecule has 0 aliphatic carbocycles. The molecule has 0 spiro atoms. The van der Waals surface area contributed by atoms with Crippen LogP contribution in [0.25, 0.3) is 0 Å². The van der Waals surface area contributed by atoms with Gasteiger partial charge in [0.25, 0.3) is 0 Å². The van der Waals surface area contributed by atoms with Gasteiger partial charge in [0.15, 0.2) is 0 Å². The number of hydrogen-bond donors (Lipinski definition) is 3. The Balaban J connectivity index is 2.21. The van der Waals surface area contributed by atoms with Gasteiger partial charge in [-0.1, -0.05) is 0 Å². The lowest BCUT2D eigenvalue weighted by Gasteiger charge is -2.37. The molecule has 1 aromatic heterocycles. The first-order valence-corrected chi connectivity index (χ1v) is 5.75. The third-order valence-corrected chi connectivity index (χ3v) is 3.27. The molecule has 5 nitrogen and oxygen atoms in total. The Kier molecular flexibility index (Phi) is 3.02. The topological polar surface area (TPSA) is 86.2 Å². The standard InChI is InChI=1S/C12H18N4O/c1-12(17)3-6-16(7-4-12)10-8-15-5-2-9(10)11(13)14/h2,5,8,17H,3-4,6-7H2,1H3,(H3,13,14). The number of nitrogen functional groups attached to an aromatic ring is 1. The van der Waals surface area contributed by atoms with E-state index in [-0.39, 0.29) is 5.84 Å². The molecule has 4 N–H and O–H groups in total. The van der Waals surface area contributed by atoms with Crippen molar-refractivity contribution in [3.63, 3.8) is 0 Å². The second-order valence-corrected chi connectivity index (χ2v) is 4.79. The van der Waals surface area contributed by atoms with Gasteiger partial charge in [-0.05, 0) is 25.8 Å². The normalized spacial score (nSPS) is 19.1. The van der Waals surface area contributed by atoms with Gasteiger partial charge < -0.3 is 15.7 Å². The SMILES string of the molecule is CC1(O)CCN(c2cnccc2C(=N)N)CC1. The van der Waals surface area contributed by atoms with Crippen LogP contribution in [0.1, 0.15) is 25.3 Å². The number of hydrogen-bond acceptors (Lipinski definition) is 4. The largest absolute Gasteiger partial charge is 0.390 e. The molecule has 17 heavy (non-hydrogen) atoms. The van der Waals surface area contributed by atoms with Crippen LogP contribution >= 0.6 is 0 Å². The van der Waals surface area contributed by atoms with Crippen molar-refractivity contribution in [2.45, 2.75) is 25.4 Å². The molecule has 0 aromatic carbocycles. The summed E-state index contributed by atoms with van der Waals surface area (Å²) in [5.74, 6) is 0.0553. The Morgan fingerprint density at radius 1 is 1.53 bits per heavy atom. The number of nitrogens with one attached hydrogen (secondary N) is 1. The molecule has 0 radical (unpaired) electrons. The molecule has 0 unspecified atom stereocenters. The average molecular weight is 234 g/mol. The molecule has 0 bridgehead atoms. The zero-order valence-electron chi connectivity index (χ0n) is 9.98. The lowest BCUT2D eigenvalue weighted by molar-refractivity contribution is 0.0351. The van der Waals surface area contributed by atoms with Crippen molar-refractivity contribution >= 4 is 11.5 Å². The molecule has 1 aliphatic rings. The molecule has 5 heteroatoms. The number of nitrogens with zero attached hydrogens (tertiary/aromatic N) is 2. The van der Waals surface area contributed by atoms with Gasteiger partial charge in [-0.2, -0.15) is 0 Å². The smallest absolute Gasteiger partial charge is 0.125 e. The first kappa shape index (κ1) is 11.9. The molecule has 0 atom stereocenters. The molecule has 0 amide bonds. The molecular formula is C12H18N4O. The van der Waals surface area contributed by atoms with Crippen LogP contribution in [0.3, 0.4) is 0 Å². The van der Waals surface area contributed by atoms with Crippen molar-refractivity contribution < 1.29 is 5.11 Å². The Labute approximate surface area is 101 Å². The van der Waals surface area contributed by atoms with Crippen LogP contribution in [0, 0.1) is 5.41 Å². The molecule has 1 aromatic rings. The van der Waals surface area contributed by atoms with E-state index in [1.54, 1.807) is 18.5 Å². The van der Waals surface area contributed by atoms with Crippen molar-refractivity contribution in [3.8, 4) is 0 Å². The maximum Gasteiger partial charge on any atom is 0.125 e. The number of nitrogens with two attached hydrogens (primary N) is 1. The summed E-state index contributed by atoms with van der Waals surface area (Å²) < 4.78 is 0. The summed E-state index contributed by atoms with van der Waals surface area (Å²) in [6, 6.07) is 1.75. The summed E-state index contributed by atoms with van der Waals surface area (Å²) in [7, 11) is 0. The van der Waals surface area contributed by atoms with E-state index in [0.29, 0.717) is 5.56 Å². The van der Waals surface area contributed by atoms with Crippen molar-refractivity contribution in [1.82, 2.24) is 4.98 Å². The van der Waals surface area contributed by atoms with Crippen molar-refractivity contribution in [2.75, 3.05) is 18.0 Å². The zero-order chi connectivity index (χ0) is 12.5. The summed E-state index contributed by atoms with van der Waals surface area (Å²) in [6.45, 7) is 3.39. The Morgan fingerprint density at radius 3 is 2.76 bits per heavy atom. The van der Waals surface area contributed by atoms with E-state index in [1.165, 1.54) is 0 Å². The maximum absolute atomic E-state index is 9.91. The Morgan fingerprint density at radius 2 is 2.18 bits per heavy atom. The maximum atomic E-state index is 9.91. The van der Waals surface area contributed by atoms with Crippen LogP contribution in [-0.2, 0) is 0 Å². The number of pyridine rings is 1. The summed E-state index contributed by atoms with van der Waals surface area (Å²) in [5, 5.41) is 17.5. The van der Waals surface area contributed by atoms with Crippen LogP contribution in [0.5, 0.6) is 0 Å². The van der Waals surface area contributed by atoms with E-state index in [4.69, 9.17) is 11.1 Å². The van der Waals surface area contributed by atoms with Crippen LogP contribution in [0.4, 0.5) is 5.69 Å². The van der Waals surface area contributed by atoms with E-state index in [0.717, 1.165) is 31.6 Å². The summed E-state index contributed by atoms with van der Waals surface area (Å²) in [6.07, 6.45) is 4.82. The number of anilines is 1. The fourth-order valence-corrected chi connectivity index (χ4v) is 2.10. The number of aromatic nitrogens is 1. The molecule has 1 saturated heterocycles. The van der Waals surface area contributed by atoms with Gasteiger partial charge in [-0.3, -0.25) is 10.4 Å². The lowest BCUT2D eigenvalue weighted by Crippen LogP contribution is -2.43. The molecule has 2 rings (SSSR count). The predicted molar refractivity (Wildman–Crippen MR) is 67.3 cm³/mol. The van der Waals surface area contributed by atoms with E-state index in [9.17, 15) is 5.11 Å². The molecule has 1 aliphatic heterocycles. The highest BCUT2D eigenvalue weighted by molar-refractivity contribution is 6.00. The van der Waals surface area contributed by atoms with Gasteiger partial charge in [0, 0.05) is 24.8 Å². The fourth-order valence-electron chi connectivity index (χ4n) is 2.10. The van der Waals surface area contributed by atoms with Crippen molar-refractivity contribution in [3.05, 3.63) is 24.0 Å². The van der Waals surface area contributed by atoms with Gasteiger partial charge >= 0.3 is 0 Å². The van der Waals surface area contributed by atoms with E-state index < -0.39 is 5.60 Å². The van der Waals surface area contributed by atoms with E-state index in [1.807, 2.05) is 6.92 Å². The van der Waals surface area contributed by atoms with Gasteiger partial charge in [0.1, 0.15) is 5.84 Å². The highest BCUT2D eigenvalue weighted by Gasteiger charge is 2.28. The first-order chi connectivity index (χ1) is 7.99. The first-order valence-electron chi connectivity index (χ1n) is 5.75. The van der Waals surface area contributed by atoms with Crippen LogP contribution < -0.4 is 10.6 Å². The Hall–Kier alpha value is -1.62. The number of amidine groups is 1. The van der Waals surface area contributed by atoms with Gasteiger partial charge in [0.05, 0.1) is 17.5 Å². The Bertz CT molecular complexity index is 420. The van der Waals surface area contributed by atoms with E-state index in [2.05, 4.69) is 9.88 Å². The number of piperidine rings is 1. The van der Waals surface area contributed by atoms with Crippen molar-refractivity contribution in [2.24, 2.45) is 5.73 Å². The molecule has 2 heterocycles. The quantitative estimate of drug-likeness (QED) is 0.520. The average Bonchev–Trinajstić information content (AvgIpc) is 2.29. The highest BCUT2D eigenvalue weighted by Crippen LogP contribution is 2.27. The highest BCUT2D eigenvalue weighted by atomic mass is 16.3. The molecule has 0 saturated carbocycles. The monoisotopic (exact) mass is 234 g/mol.